The number of rotatable bonds is 1. The molecule has 0 aromatic rings. The van der Waals surface area contributed by atoms with Gasteiger partial charge in [-0.3, -0.25) is 0 Å². The molecule has 2 N–H and O–H groups in total. The van der Waals surface area contributed by atoms with Crippen molar-refractivity contribution in [3.05, 3.63) is 0 Å². The minimum Gasteiger partial charge on any atom is -0.714 e. The van der Waals surface area contributed by atoms with E-state index in [2.05, 4.69) is 4.67 Å². The Morgan fingerprint density at radius 1 is 1.57 bits per heavy atom. The minimum atomic E-state index is -4.70. The third-order valence-electron chi connectivity index (χ3n) is 0.0971. The van der Waals surface area contributed by atoms with Gasteiger partial charge < -0.3 is 19.7 Å². The second kappa shape index (κ2) is 4.00. The van der Waals surface area contributed by atoms with Crippen LogP contribution >= 0.6 is 7.82 Å². The molecule has 0 fully saturated rings. The third-order valence-corrected chi connectivity index (χ3v) is 0.291. The normalized spacial score (nSPS) is 10.1. The first-order chi connectivity index (χ1) is 2.56. The van der Waals surface area contributed by atoms with E-state index < -0.39 is 7.82 Å². The predicted molar refractivity (Wildman–Crippen MR) is 13.1 cm³/mol. The topological polar surface area (TPSA) is 89.8 Å². The number of phosphoric acid groups is 1. The molecule has 5 nitrogen and oxygen atoms in total. The predicted octanol–water partition coefficient (Wildman–Crippen LogP) is -4.62. The molecule has 0 aromatic carbocycles. The second-order valence-corrected chi connectivity index (χ2v) is 1.70. The van der Waals surface area contributed by atoms with E-state index in [4.69, 9.17) is 19.6 Å². The van der Waals surface area contributed by atoms with E-state index in [0.717, 1.165) is 0 Å². The van der Waals surface area contributed by atoms with E-state index in [9.17, 15) is 0 Å². The summed E-state index contributed by atoms with van der Waals surface area (Å²) in [4.78, 5) is 14.8. The van der Waals surface area contributed by atoms with Gasteiger partial charge in [0.1, 0.15) is 0 Å². The molecule has 7 heteroatoms. The van der Waals surface area contributed by atoms with Crippen LogP contribution in [0, 0.1) is 0 Å². The molecule has 38 valence electrons. The molecular weight excluding hydrogens is 134 g/mol. The van der Waals surface area contributed by atoms with Crippen LogP contribution < -0.4 is 34.8 Å². The summed E-state index contributed by atoms with van der Waals surface area (Å²) in [7, 11) is -4.70. The van der Waals surface area contributed by atoms with Gasteiger partial charge in [0.25, 0.3) is 0 Å². The van der Waals surface area contributed by atoms with Crippen molar-refractivity contribution < 1.29 is 53.8 Å². The van der Waals surface area contributed by atoms with Crippen LogP contribution in [0.2, 0.25) is 0 Å². The summed E-state index contributed by atoms with van der Waals surface area (Å²) in [5.41, 5.74) is 0. The molecule has 0 aliphatic rings. The second-order valence-electron chi connectivity index (χ2n) is 0.565. The fourth-order valence-electron chi connectivity index (χ4n) is 0. The van der Waals surface area contributed by atoms with Crippen molar-refractivity contribution in [1.82, 2.24) is 0 Å². The zero-order chi connectivity index (χ0) is 5.21. The molecule has 0 aliphatic carbocycles. The van der Waals surface area contributed by atoms with Gasteiger partial charge in [-0.2, -0.15) is 0 Å². The Balaban J connectivity index is 0. The molecule has 0 heterocycles. The van der Waals surface area contributed by atoms with Crippen LogP contribution in [0.3, 0.4) is 0 Å². The molecule has 0 amide bonds. The summed E-state index contributed by atoms with van der Waals surface area (Å²) in [5, 5.41) is 8.69. The van der Waals surface area contributed by atoms with Crippen LogP contribution in [-0.2, 0) is 9.24 Å². The summed E-state index contributed by atoms with van der Waals surface area (Å²) in [6.45, 7) is 0. The van der Waals surface area contributed by atoms with Gasteiger partial charge in [-0.05, 0) is 0 Å². The molecule has 0 rings (SSSR count). The summed E-state index contributed by atoms with van der Waals surface area (Å²) in [5.74, 6) is 0. The molecule has 0 saturated carbocycles. The minimum absolute atomic E-state index is 0. The van der Waals surface area contributed by atoms with E-state index in [1.807, 2.05) is 0 Å². The van der Waals surface area contributed by atoms with Gasteiger partial charge in [0, 0.05) is 0 Å². The van der Waals surface area contributed by atoms with Gasteiger partial charge in [0.05, 0.1) is 0 Å². The van der Waals surface area contributed by atoms with Crippen LogP contribution in [0.25, 0.3) is 0 Å². The Labute approximate surface area is 61.8 Å². The van der Waals surface area contributed by atoms with Crippen molar-refractivity contribution in [3.63, 3.8) is 0 Å². The number of hydrogen-bond donors (Lipinski definition) is 2. The van der Waals surface area contributed by atoms with Crippen molar-refractivity contribution in [1.29, 1.82) is 0 Å². The monoisotopic (exact) mass is 136 g/mol. The zero-order valence-corrected chi connectivity index (χ0v) is 6.46. The maximum absolute atomic E-state index is 9.16. The quantitative estimate of drug-likeness (QED) is 0.164. The van der Waals surface area contributed by atoms with Crippen molar-refractivity contribution in [2.75, 3.05) is 0 Å². The standard InChI is InChI=1S/Na.H3O5P/c;1-5-6(2,3)4/h;1H,(H2,2,3,4)/q+1;/p-1. The zero-order valence-electron chi connectivity index (χ0n) is 3.57. The van der Waals surface area contributed by atoms with Gasteiger partial charge in [-0.1, -0.05) is 0 Å². The van der Waals surface area contributed by atoms with Crippen molar-refractivity contribution >= 4 is 7.82 Å². The summed E-state index contributed by atoms with van der Waals surface area (Å²) in [6, 6.07) is 0. The van der Waals surface area contributed by atoms with Crippen LogP contribution in [-0.4, -0.2) is 9.79 Å². The molecule has 0 spiro atoms. The van der Waals surface area contributed by atoms with Gasteiger partial charge >= 0.3 is 37.4 Å². The fraction of sp³-hybridized carbons (Fsp3) is 0. The third kappa shape index (κ3) is 11.0. The largest absolute Gasteiger partial charge is 1.00 e. The van der Waals surface area contributed by atoms with Gasteiger partial charge in [0.2, 0.25) is 0 Å². The molecule has 7 heavy (non-hydrogen) atoms. The summed E-state index contributed by atoms with van der Waals surface area (Å²) in [6.07, 6.45) is 0. The van der Waals surface area contributed by atoms with E-state index in [1.165, 1.54) is 0 Å². The average Bonchev–Trinajstić information content (AvgIpc) is 1.35. The first kappa shape index (κ1) is 10.9. The van der Waals surface area contributed by atoms with Gasteiger partial charge in [0.15, 0.2) is 0 Å². The molecular formula is H2NaO5P. The van der Waals surface area contributed by atoms with Crippen molar-refractivity contribution in [2.45, 2.75) is 0 Å². The fourth-order valence-corrected chi connectivity index (χ4v) is 0. The summed E-state index contributed by atoms with van der Waals surface area (Å²) < 4.78 is 11.5. The molecule has 0 atom stereocenters. The Morgan fingerprint density at radius 2 is 1.71 bits per heavy atom. The van der Waals surface area contributed by atoms with Crippen molar-refractivity contribution in [2.24, 2.45) is 0 Å². The molecule has 0 aromatic heterocycles. The van der Waals surface area contributed by atoms with E-state index in [1.54, 1.807) is 0 Å². The van der Waals surface area contributed by atoms with E-state index in [-0.39, 0.29) is 29.6 Å². The Morgan fingerprint density at radius 3 is 1.71 bits per heavy atom. The maximum atomic E-state index is 9.16. The first-order valence-corrected chi connectivity index (χ1v) is 2.46. The molecule has 0 aliphatic heterocycles. The smallest absolute Gasteiger partial charge is 0.714 e. The van der Waals surface area contributed by atoms with Crippen molar-refractivity contribution in [3.8, 4) is 0 Å². The SMILES string of the molecule is O=P(O)(O)O[O-].[Na+]. The van der Waals surface area contributed by atoms with E-state index >= 15 is 0 Å². The molecule has 0 saturated heterocycles. The van der Waals surface area contributed by atoms with Gasteiger partial charge in [-0.15, -0.1) is 0 Å². The number of hydrogen-bond acceptors (Lipinski definition) is 3. The molecule has 0 radical (unpaired) electrons. The maximum Gasteiger partial charge on any atom is 1.00 e. The Hall–Kier alpha value is 1.07. The summed E-state index contributed by atoms with van der Waals surface area (Å²) >= 11 is 0. The Bertz CT molecular complexity index is 72.1. The average molecular weight is 136 g/mol. The Kier molecular flexibility index (Phi) is 6.26. The van der Waals surface area contributed by atoms with Crippen LogP contribution in [0.1, 0.15) is 0 Å². The van der Waals surface area contributed by atoms with E-state index in [0.29, 0.717) is 0 Å². The van der Waals surface area contributed by atoms with Crippen LogP contribution in [0.5, 0.6) is 0 Å². The van der Waals surface area contributed by atoms with Crippen LogP contribution in [0.4, 0.5) is 0 Å². The van der Waals surface area contributed by atoms with Gasteiger partial charge in [-0.25, -0.2) is 4.57 Å². The first-order valence-electron chi connectivity index (χ1n) is 0.932. The van der Waals surface area contributed by atoms with Crippen LogP contribution in [0.15, 0.2) is 0 Å². The molecule has 0 unspecified atom stereocenters. The molecule has 0 bridgehead atoms.